The zero-order chi connectivity index (χ0) is 20.5. The van der Waals surface area contributed by atoms with Crippen LogP contribution in [-0.2, 0) is 6.54 Å². The zero-order valence-corrected chi connectivity index (χ0v) is 16.8. The smallest absolute Gasteiger partial charge is 0.231 e. The van der Waals surface area contributed by atoms with Gasteiger partial charge in [0.25, 0.3) is 0 Å². The predicted octanol–water partition coefficient (Wildman–Crippen LogP) is 4.47. The number of rotatable bonds is 5. The van der Waals surface area contributed by atoms with Gasteiger partial charge in [-0.2, -0.15) is 9.97 Å². The van der Waals surface area contributed by atoms with Crippen LogP contribution in [0, 0.1) is 6.92 Å². The molecule has 2 N–H and O–H groups in total. The number of halogens is 1. The van der Waals surface area contributed by atoms with E-state index in [9.17, 15) is 0 Å². The van der Waals surface area contributed by atoms with Gasteiger partial charge in [-0.05, 0) is 48.4 Å². The number of aryl methyl sites for hydroxylation is 1. The zero-order valence-electron chi connectivity index (χ0n) is 16.0. The topological polar surface area (TPSA) is 94.1 Å². The highest BCUT2D eigenvalue weighted by atomic mass is 35.5. The first-order chi connectivity index (χ1) is 14.7. The second kappa shape index (κ2) is 7.64. The van der Waals surface area contributed by atoms with Crippen LogP contribution in [0.5, 0.6) is 11.5 Å². The van der Waals surface area contributed by atoms with E-state index in [1.807, 2.05) is 43.3 Å². The maximum atomic E-state index is 6.07. The molecular weight excluding hydrogens is 404 g/mol. The molecule has 1 aliphatic rings. The van der Waals surface area contributed by atoms with Crippen molar-refractivity contribution in [3.05, 3.63) is 64.9 Å². The van der Waals surface area contributed by atoms with Crippen LogP contribution in [0.25, 0.3) is 11.2 Å². The molecule has 8 nitrogen and oxygen atoms in total. The standard InChI is InChI=1S/C21H17ClN6O2/c1-12-8-14(22)3-4-15(12)26-20-18-19(24-7-6-23-18)27-21(28-20)25-10-13-2-5-16-17(9-13)30-11-29-16/h2-9H,10-11H2,1H3,(H2,24,25,26,27,28). The molecule has 1 aliphatic heterocycles. The lowest BCUT2D eigenvalue weighted by Gasteiger charge is -2.12. The van der Waals surface area contributed by atoms with Crippen molar-refractivity contribution in [2.45, 2.75) is 13.5 Å². The highest BCUT2D eigenvalue weighted by molar-refractivity contribution is 6.30. The molecule has 0 bridgehead atoms. The molecule has 9 heteroatoms. The van der Waals surface area contributed by atoms with E-state index in [4.69, 9.17) is 21.1 Å². The van der Waals surface area contributed by atoms with Crippen molar-refractivity contribution in [3.8, 4) is 11.5 Å². The minimum atomic E-state index is 0.248. The predicted molar refractivity (Wildman–Crippen MR) is 114 cm³/mol. The number of aromatic nitrogens is 4. The maximum Gasteiger partial charge on any atom is 0.231 e. The van der Waals surface area contributed by atoms with E-state index >= 15 is 0 Å². The van der Waals surface area contributed by atoms with E-state index in [0.717, 1.165) is 28.3 Å². The SMILES string of the molecule is Cc1cc(Cl)ccc1Nc1nc(NCc2ccc3c(c2)OCO3)nc2nccnc12. The molecule has 0 atom stereocenters. The Morgan fingerprint density at radius 2 is 1.87 bits per heavy atom. The Morgan fingerprint density at radius 1 is 1.00 bits per heavy atom. The minimum Gasteiger partial charge on any atom is -0.454 e. The van der Waals surface area contributed by atoms with Gasteiger partial charge in [0.1, 0.15) is 0 Å². The summed E-state index contributed by atoms with van der Waals surface area (Å²) < 4.78 is 10.8. The largest absolute Gasteiger partial charge is 0.454 e. The van der Waals surface area contributed by atoms with Crippen molar-refractivity contribution in [1.29, 1.82) is 0 Å². The van der Waals surface area contributed by atoms with Crippen LogP contribution < -0.4 is 20.1 Å². The summed E-state index contributed by atoms with van der Waals surface area (Å²) in [6.45, 7) is 2.74. The maximum absolute atomic E-state index is 6.07. The lowest BCUT2D eigenvalue weighted by molar-refractivity contribution is 0.174. The Balaban J connectivity index is 1.44. The van der Waals surface area contributed by atoms with Gasteiger partial charge in [0, 0.05) is 29.6 Å². The molecule has 0 aliphatic carbocycles. The van der Waals surface area contributed by atoms with Crippen LogP contribution in [0.1, 0.15) is 11.1 Å². The Hall–Kier alpha value is -3.65. The molecule has 0 radical (unpaired) electrons. The second-order valence-electron chi connectivity index (χ2n) is 6.75. The fourth-order valence-electron chi connectivity index (χ4n) is 3.16. The van der Waals surface area contributed by atoms with Gasteiger partial charge in [-0.3, -0.25) is 0 Å². The van der Waals surface area contributed by atoms with Gasteiger partial charge < -0.3 is 20.1 Å². The lowest BCUT2D eigenvalue weighted by Crippen LogP contribution is -2.07. The van der Waals surface area contributed by atoms with Crippen LogP contribution >= 0.6 is 11.6 Å². The number of ether oxygens (including phenoxy) is 2. The molecule has 150 valence electrons. The Labute approximate surface area is 177 Å². The van der Waals surface area contributed by atoms with Gasteiger partial charge in [-0.1, -0.05) is 17.7 Å². The molecule has 0 saturated carbocycles. The first kappa shape index (κ1) is 18.4. The number of anilines is 3. The lowest BCUT2D eigenvalue weighted by atomic mass is 10.2. The molecule has 0 amide bonds. The summed E-state index contributed by atoms with van der Waals surface area (Å²) in [6.07, 6.45) is 3.22. The Morgan fingerprint density at radius 3 is 2.77 bits per heavy atom. The number of nitrogens with zero attached hydrogens (tertiary/aromatic N) is 4. The highest BCUT2D eigenvalue weighted by Crippen LogP contribution is 2.32. The van der Waals surface area contributed by atoms with E-state index in [-0.39, 0.29) is 6.79 Å². The molecule has 0 saturated heterocycles. The molecule has 2 aromatic carbocycles. The molecule has 4 aromatic rings. The van der Waals surface area contributed by atoms with Crippen LogP contribution in [0.4, 0.5) is 17.5 Å². The van der Waals surface area contributed by atoms with Crippen molar-refractivity contribution < 1.29 is 9.47 Å². The number of hydrogen-bond donors (Lipinski definition) is 2. The van der Waals surface area contributed by atoms with E-state index in [1.165, 1.54) is 0 Å². The van der Waals surface area contributed by atoms with Gasteiger partial charge in [-0.15, -0.1) is 0 Å². The quantitative estimate of drug-likeness (QED) is 0.488. The fourth-order valence-corrected chi connectivity index (χ4v) is 3.38. The van der Waals surface area contributed by atoms with Gasteiger partial charge in [0.05, 0.1) is 0 Å². The number of benzene rings is 2. The van der Waals surface area contributed by atoms with Crippen molar-refractivity contribution in [2.24, 2.45) is 0 Å². The van der Waals surface area contributed by atoms with E-state index in [2.05, 4.69) is 30.6 Å². The van der Waals surface area contributed by atoms with Crippen molar-refractivity contribution in [2.75, 3.05) is 17.4 Å². The third-order valence-corrected chi connectivity index (χ3v) is 4.90. The summed E-state index contributed by atoms with van der Waals surface area (Å²) in [5, 5.41) is 7.25. The van der Waals surface area contributed by atoms with Crippen LogP contribution in [0.15, 0.2) is 48.8 Å². The van der Waals surface area contributed by atoms with Gasteiger partial charge >= 0.3 is 0 Å². The van der Waals surface area contributed by atoms with E-state index in [1.54, 1.807) is 12.4 Å². The van der Waals surface area contributed by atoms with Crippen molar-refractivity contribution >= 4 is 40.2 Å². The Kier molecular flexibility index (Phi) is 4.68. The van der Waals surface area contributed by atoms with E-state index < -0.39 is 0 Å². The van der Waals surface area contributed by atoms with Gasteiger partial charge in [0.2, 0.25) is 12.7 Å². The molecule has 3 heterocycles. The Bertz CT molecular complexity index is 1250. The average molecular weight is 421 g/mol. The highest BCUT2D eigenvalue weighted by Gasteiger charge is 2.14. The van der Waals surface area contributed by atoms with Crippen LogP contribution in [-0.4, -0.2) is 26.7 Å². The second-order valence-corrected chi connectivity index (χ2v) is 7.19. The summed E-state index contributed by atoms with van der Waals surface area (Å²) in [5.41, 5.74) is 3.97. The summed E-state index contributed by atoms with van der Waals surface area (Å²) in [4.78, 5) is 17.8. The van der Waals surface area contributed by atoms with Crippen molar-refractivity contribution in [1.82, 2.24) is 19.9 Å². The number of hydrogen-bond acceptors (Lipinski definition) is 8. The fraction of sp³-hybridized carbons (Fsp3) is 0.143. The normalized spacial score (nSPS) is 12.2. The molecule has 2 aromatic heterocycles. The molecule has 0 fully saturated rings. The monoisotopic (exact) mass is 420 g/mol. The van der Waals surface area contributed by atoms with Gasteiger partial charge in [0.15, 0.2) is 28.5 Å². The average Bonchev–Trinajstić information content (AvgIpc) is 3.22. The summed E-state index contributed by atoms with van der Waals surface area (Å²) >= 11 is 6.07. The molecule has 5 rings (SSSR count). The molecule has 30 heavy (non-hydrogen) atoms. The van der Waals surface area contributed by atoms with E-state index in [0.29, 0.717) is 34.5 Å². The first-order valence-corrected chi connectivity index (χ1v) is 9.68. The molecule has 0 unspecified atom stereocenters. The number of fused-ring (bicyclic) bond motifs is 2. The van der Waals surface area contributed by atoms with Gasteiger partial charge in [-0.25, -0.2) is 9.97 Å². The third kappa shape index (κ3) is 3.65. The molecular formula is C21H17ClN6O2. The number of nitrogens with one attached hydrogen (secondary N) is 2. The third-order valence-electron chi connectivity index (χ3n) is 4.66. The van der Waals surface area contributed by atoms with Crippen LogP contribution in [0.3, 0.4) is 0 Å². The van der Waals surface area contributed by atoms with Crippen LogP contribution in [0.2, 0.25) is 5.02 Å². The molecule has 0 spiro atoms. The minimum absolute atomic E-state index is 0.248. The first-order valence-electron chi connectivity index (χ1n) is 9.30. The summed E-state index contributed by atoms with van der Waals surface area (Å²) in [6, 6.07) is 11.4. The van der Waals surface area contributed by atoms with Crippen molar-refractivity contribution in [3.63, 3.8) is 0 Å². The summed E-state index contributed by atoms with van der Waals surface area (Å²) in [7, 11) is 0. The summed E-state index contributed by atoms with van der Waals surface area (Å²) in [5.74, 6) is 2.49.